The van der Waals surface area contributed by atoms with Crippen LogP contribution in [0.15, 0.2) is 0 Å². The fourth-order valence-electron chi connectivity index (χ4n) is 2.21. The lowest BCUT2D eigenvalue weighted by Gasteiger charge is -2.19. The number of nitrogens with one attached hydrogen (secondary N) is 1. The smallest absolute Gasteiger partial charge is 0.220 e. The van der Waals surface area contributed by atoms with Crippen molar-refractivity contribution >= 4 is 5.91 Å². The van der Waals surface area contributed by atoms with Gasteiger partial charge in [-0.25, -0.2) is 0 Å². The molecule has 0 aliphatic carbocycles. The van der Waals surface area contributed by atoms with E-state index in [0.717, 1.165) is 45.3 Å². The Morgan fingerprint density at radius 2 is 1.95 bits per heavy atom. The summed E-state index contributed by atoms with van der Waals surface area (Å²) in [5.41, 5.74) is 5.60. The molecule has 0 aromatic carbocycles. The predicted molar refractivity (Wildman–Crippen MR) is 80.0 cm³/mol. The third kappa shape index (κ3) is 11.0. The van der Waals surface area contributed by atoms with E-state index in [0.29, 0.717) is 24.8 Å². The van der Waals surface area contributed by atoms with E-state index >= 15 is 0 Å². The van der Waals surface area contributed by atoms with E-state index in [-0.39, 0.29) is 5.91 Å². The maximum atomic E-state index is 11.7. The lowest BCUT2D eigenvalue weighted by Crippen LogP contribution is -2.25. The van der Waals surface area contributed by atoms with Crippen molar-refractivity contribution in [2.24, 2.45) is 17.6 Å². The molecule has 0 saturated carbocycles. The molecule has 0 bridgehead atoms. The molecule has 0 aliphatic heterocycles. The van der Waals surface area contributed by atoms with Crippen LogP contribution in [0.1, 0.15) is 52.4 Å². The van der Waals surface area contributed by atoms with Crippen molar-refractivity contribution in [2.45, 2.75) is 52.4 Å². The fraction of sp³-hybridized carbons (Fsp3) is 0.933. The van der Waals surface area contributed by atoms with Gasteiger partial charge in [-0.15, -0.1) is 0 Å². The number of ether oxygens (including phenoxy) is 1. The van der Waals surface area contributed by atoms with Gasteiger partial charge < -0.3 is 15.8 Å². The zero-order valence-corrected chi connectivity index (χ0v) is 12.9. The summed E-state index contributed by atoms with van der Waals surface area (Å²) in [5, 5.41) is 2.98. The first kappa shape index (κ1) is 18.4. The highest BCUT2D eigenvalue weighted by atomic mass is 16.5. The third-order valence-corrected chi connectivity index (χ3v) is 3.57. The van der Waals surface area contributed by atoms with Gasteiger partial charge in [-0.2, -0.15) is 0 Å². The quantitative estimate of drug-likeness (QED) is 0.536. The number of rotatable bonds is 12. The van der Waals surface area contributed by atoms with Gasteiger partial charge in [0.1, 0.15) is 0 Å². The molecule has 0 rings (SSSR count). The van der Waals surface area contributed by atoms with Crippen LogP contribution in [0.25, 0.3) is 0 Å². The monoisotopic (exact) mass is 272 g/mol. The largest absolute Gasteiger partial charge is 0.385 e. The van der Waals surface area contributed by atoms with Crippen LogP contribution in [0.2, 0.25) is 0 Å². The molecule has 1 unspecified atom stereocenters. The van der Waals surface area contributed by atoms with Gasteiger partial charge in [-0.05, 0) is 50.5 Å². The van der Waals surface area contributed by atoms with Crippen LogP contribution in [0, 0.1) is 11.8 Å². The summed E-state index contributed by atoms with van der Waals surface area (Å²) in [7, 11) is 1.72. The Morgan fingerprint density at radius 1 is 1.21 bits per heavy atom. The second kappa shape index (κ2) is 12.4. The predicted octanol–water partition coefficient (Wildman–Crippen LogP) is 2.32. The number of hydrogen-bond donors (Lipinski definition) is 2. The lowest BCUT2D eigenvalue weighted by molar-refractivity contribution is -0.121. The van der Waals surface area contributed by atoms with E-state index < -0.39 is 0 Å². The van der Waals surface area contributed by atoms with Crippen molar-refractivity contribution in [1.29, 1.82) is 0 Å². The topological polar surface area (TPSA) is 64.3 Å². The van der Waals surface area contributed by atoms with E-state index in [2.05, 4.69) is 19.2 Å². The SMILES string of the molecule is COCCCCCNC(=O)CCC(CCN)C(C)C. The van der Waals surface area contributed by atoms with Gasteiger partial charge in [-0.1, -0.05) is 13.8 Å². The number of unbranched alkanes of at least 4 members (excludes halogenated alkanes) is 2. The molecule has 0 heterocycles. The Bertz CT molecular complexity index is 220. The zero-order chi connectivity index (χ0) is 14.5. The van der Waals surface area contributed by atoms with Crippen molar-refractivity contribution in [3.8, 4) is 0 Å². The molecular weight excluding hydrogens is 240 g/mol. The van der Waals surface area contributed by atoms with Crippen molar-refractivity contribution in [2.75, 3.05) is 26.8 Å². The second-order valence-electron chi connectivity index (χ2n) is 5.52. The van der Waals surface area contributed by atoms with Crippen molar-refractivity contribution in [3.05, 3.63) is 0 Å². The highest BCUT2D eigenvalue weighted by Crippen LogP contribution is 2.20. The van der Waals surface area contributed by atoms with E-state index in [1.165, 1.54) is 0 Å². The van der Waals surface area contributed by atoms with Crippen LogP contribution >= 0.6 is 0 Å². The molecule has 0 saturated heterocycles. The van der Waals surface area contributed by atoms with Gasteiger partial charge in [0.05, 0.1) is 0 Å². The van der Waals surface area contributed by atoms with Crippen LogP contribution in [-0.4, -0.2) is 32.7 Å². The number of carbonyl (C=O) groups excluding carboxylic acids is 1. The normalized spacial score (nSPS) is 12.7. The van der Waals surface area contributed by atoms with Gasteiger partial charge in [0.25, 0.3) is 0 Å². The van der Waals surface area contributed by atoms with Gasteiger partial charge in [0.15, 0.2) is 0 Å². The fourth-order valence-corrected chi connectivity index (χ4v) is 2.21. The number of hydrogen-bond acceptors (Lipinski definition) is 3. The highest BCUT2D eigenvalue weighted by molar-refractivity contribution is 5.75. The molecule has 0 aromatic heterocycles. The van der Waals surface area contributed by atoms with Crippen molar-refractivity contribution in [3.63, 3.8) is 0 Å². The Balaban J connectivity index is 3.57. The maximum Gasteiger partial charge on any atom is 0.220 e. The Hall–Kier alpha value is -0.610. The summed E-state index contributed by atoms with van der Waals surface area (Å²) in [4.78, 5) is 11.7. The maximum absolute atomic E-state index is 11.7. The van der Waals surface area contributed by atoms with Crippen LogP contribution in [0.4, 0.5) is 0 Å². The number of carbonyl (C=O) groups is 1. The Kier molecular flexibility index (Phi) is 12.0. The van der Waals surface area contributed by atoms with Crippen LogP contribution in [0.5, 0.6) is 0 Å². The van der Waals surface area contributed by atoms with Gasteiger partial charge in [-0.3, -0.25) is 4.79 Å². The summed E-state index contributed by atoms with van der Waals surface area (Å²) in [6.45, 7) is 6.71. The van der Waals surface area contributed by atoms with E-state index in [1.807, 2.05) is 0 Å². The minimum Gasteiger partial charge on any atom is -0.385 e. The van der Waals surface area contributed by atoms with Crippen molar-refractivity contribution < 1.29 is 9.53 Å². The van der Waals surface area contributed by atoms with Gasteiger partial charge >= 0.3 is 0 Å². The average molecular weight is 272 g/mol. The molecule has 0 aliphatic rings. The summed E-state index contributed by atoms with van der Waals surface area (Å²) in [6.07, 6.45) is 5.80. The zero-order valence-electron chi connectivity index (χ0n) is 12.9. The van der Waals surface area contributed by atoms with E-state index in [4.69, 9.17) is 10.5 Å². The first-order valence-electron chi connectivity index (χ1n) is 7.57. The van der Waals surface area contributed by atoms with Crippen LogP contribution in [0.3, 0.4) is 0 Å². The molecule has 0 spiro atoms. The molecule has 19 heavy (non-hydrogen) atoms. The average Bonchev–Trinajstić information content (AvgIpc) is 2.38. The van der Waals surface area contributed by atoms with E-state index in [9.17, 15) is 4.79 Å². The summed E-state index contributed by atoms with van der Waals surface area (Å²) in [6, 6.07) is 0. The molecule has 4 heteroatoms. The third-order valence-electron chi connectivity index (χ3n) is 3.57. The summed E-state index contributed by atoms with van der Waals surface area (Å²) < 4.78 is 4.98. The number of methoxy groups -OCH3 is 1. The van der Waals surface area contributed by atoms with E-state index in [1.54, 1.807) is 7.11 Å². The molecule has 114 valence electrons. The van der Waals surface area contributed by atoms with Gasteiger partial charge in [0, 0.05) is 26.7 Å². The standard InChI is InChI=1S/C15H32N2O2/c1-13(2)14(9-10-16)7-8-15(18)17-11-5-4-6-12-19-3/h13-14H,4-12,16H2,1-3H3,(H,17,18). The molecule has 0 radical (unpaired) electrons. The molecule has 0 fully saturated rings. The van der Waals surface area contributed by atoms with Gasteiger partial charge in [0.2, 0.25) is 5.91 Å². The molecule has 0 aromatic rings. The first-order chi connectivity index (χ1) is 9.11. The second-order valence-corrected chi connectivity index (χ2v) is 5.52. The molecule has 1 amide bonds. The first-order valence-corrected chi connectivity index (χ1v) is 7.57. The van der Waals surface area contributed by atoms with Crippen LogP contribution < -0.4 is 11.1 Å². The van der Waals surface area contributed by atoms with Crippen molar-refractivity contribution in [1.82, 2.24) is 5.32 Å². The summed E-state index contributed by atoms with van der Waals surface area (Å²) >= 11 is 0. The number of nitrogens with two attached hydrogens (primary N) is 1. The Labute approximate surface area is 118 Å². The molecule has 4 nitrogen and oxygen atoms in total. The lowest BCUT2D eigenvalue weighted by atomic mass is 9.88. The minimum atomic E-state index is 0.175. The highest BCUT2D eigenvalue weighted by Gasteiger charge is 2.14. The minimum absolute atomic E-state index is 0.175. The summed E-state index contributed by atoms with van der Waals surface area (Å²) in [5.74, 6) is 1.34. The van der Waals surface area contributed by atoms with Crippen LogP contribution in [-0.2, 0) is 9.53 Å². The molecule has 1 atom stereocenters. The molecular formula is C15H32N2O2. The molecule has 3 N–H and O–H groups in total. The Morgan fingerprint density at radius 3 is 2.53 bits per heavy atom. The number of amides is 1.